The Balaban J connectivity index is 1.18. The molecule has 7 aromatic carbocycles. The molecule has 3 heterocycles. The molecule has 0 saturated heterocycles. The molecule has 5 nitrogen and oxygen atoms in total. The molecule has 234 valence electrons. The van der Waals surface area contributed by atoms with Crippen molar-refractivity contribution in [2.24, 2.45) is 0 Å². The fraction of sp³-hybridized carbons (Fsp3) is 0. The van der Waals surface area contributed by atoms with Gasteiger partial charge in [0, 0.05) is 32.7 Å². The first-order valence-corrected chi connectivity index (χ1v) is 16.6. The van der Waals surface area contributed by atoms with Crippen LogP contribution in [0, 0.1) is 0 Å². The molecule has 5 heteroatoms. The number of para-hydroxylation sites is 2. The Bertz CT molecular complexity index is 2770. The van der Waals surface area contributed by atoms with Crippen molar-refractivity contribution in [1.82, 2.24) is 15.0 Å². The van der Waals surface area contributed by atoms with E-state index >= 15 is 0 Å². The molecule has 0 fully saturated rings. The summed E-state index contributed by atoms with van der Waals surface area (Å²) in [6.45, 7) is 0. The van der Waals surface area contributed by atoms with Crippen LogP contribution in [0.4, 0.5) is 0 Å². The van der Waals surface area contributed by atoms with Gasteiger partial charge in [0.15, 0.2) is 17.5 Å². The second kappa shape index (κ2) is 11.4. The van der Waals surface area contributed by atoms with Crippen molar-refractivity contribution in [3.8, 4) is 56.4 Å². The molecule has 3 aromatic heterocycles. The Hall–Kier alpha value is -6.85. The maximum atomic E-state index is 6.67. The van der Waals surface area contributed by atoms with Gasteiger partial charge in [-0.3, -0.25) is 0 Å². The minimum Gasteiger partial charge on any atom is -0.456 e. The van der Waals surface area contributed by atoms with Crippen LogP contribution < -0.4 is 0 Å². The predicted octanol–water partition coefficient (Wildman–Crippen LogP) is 12.0. The summed E-state index contributed by atoms with van der Waals surface area (Å²) in [7, 11) is 0. The van der Waals surface area contributed by atoms with Gasteiger partial charge in [-0.1, -0.05) is 127 Å². The van der Waals surface area contributed by atoms with Gasteiger partial charge < -0.3 is 8.83 Å². The van der Waals surface area contributed by atoms with Gasteiger partial charge in [0.25, 0.3) is 0 Å². The van der Waals surface area contributed by atoms with Crippen LogP contribution in [0.2, 0.25) is 0 Å². The number of aromatic nitrogens is 3. The minimum absolute atomic E-state index is 0.541. The number of hydrogen-bond donors (Lipinski definition) is 0. The van der Waals surface area contributed by atoms with Crippen LogP contribution in [0.5, 0.6) is 0 Å². The summed E-state index contributed by atoms with van der Waals surface area (Å²) in [5.41, 5.74) is 10.2. The summed E-state index contributed by atoms with van der Waals surface area (Å²) < 4.78 is 12.9. The first kappa shape index (κ1) is 28.2. The SMILES string of the molecule is c1ccc(-c2cccc(-c3nc(-c4cccc(-c5ccccc5)c4)nc(-c4cccc5c4oc4cc6c(cc45)oc4ccccc46)n3)c2)cc1. The first-order valence-electron chi connectivity index (χ1n) is 16.6. The number of fused-ring (bicyclic) bond motifs is 6. The van der Waals surface area contributed by atoms with Gasteiger partial charge in [-0.05, 0) is 58.7 Å². The van der Waals surface area contributed by atoms with E-state index in [-0.39, 0.29) is 0 Å². The molecular formula is C45H27N3O2. The van der Waals surface area contributed by atoms with Crippen LogP contribution in [0.1, 0.15) is 0 Å². The van der Waals surface area contributed by atoms with Gasteiger partial charge in [0.05, 0.1) is 5.56 Å². The van der Waals surface area contributed by atoms with E-state index < -0.39 is 0 Å². The predicted molar refractivity (Wildman–Crippen MR) is 202 cm³/mol. The molecule has 0 amide bonds. The van der Waals surface area contributed by atoms with E-state index in [9.17, 15) is 0 Å². The molecule has 0 radical (unpaired) electrons. The maximum Gasteiger partial charge on any atom is 0.167 e. The van der Waals surface area contributed by atoms with E-state index in [2.05, 4.69) is 121 Å². The van der Waals surface area contributed by atoms with Crippen LogP contribution in [-0.4, -0.2) is 15.0 Å². The number of furan rings is 2. The van der Waals surface area contributed by atoms with Gasteiger partial charge in [0.1, 0.15) is 22.3 Å². The van der Waals surface area contributed by atoms with Crippen molar-refractivity contribution in [3.05, 3.63) is 164 Å². The molecule has 0 aliphatic heterocycles. The zero-order valence-corrected chi connectivity index (χ0v) is 26.7. The topological polar surface area (TPSA) is 65.0 Å². The molecule has 0 aliphatic carbocycles. The molecule has 0 bridgehead atoms. The lowest BCUT2D eigenvalue weighted by Crippen LogP contribution is -2.00. The molecule has 0 atom stereocenters. The number of hydrogen-bond acceptors (Lipinski definition) is 5. The number of rotatable bonds is 5. The lowest BCUT2D eigenvalue weighted by molar-refractivity contribution is 0.664. The average Bonchev–Trinajstić information content (AvgIpc) is 3.75. The van der Waals surface area contributed by atoms with Gasteiger partial charge >= 0.3 is 0 Å². The average molecular weight is 642 g/mol. The fourth-order valence-corrected chi connectivity index (χ4v) is 6.88. The molecule has 0 N–H and O–H groups in total. The van der Waals surface area contributed by atoms with Gasteiger partial charge in [0.2, 0.25) is 0 Å². The fourth-order valence-electron chi connectivity index (χ4n) is 6.88. The van der Waals surface area contributed by atoms with Crippen molar-refractivity contribution in [2.75, 3.05) is 0 Å². The Morgan fingerprint density at radius 2 is 0.780 bits per heavy atom. The Morgan fingerprint density at radius 3 is 1.44 bits per heavy atom. The summed E-state index contributed by atoms with van der Waals surface area (Å²) in [6.07, 6.45) is 0. The summed E-state index contributed by atoms with van der Waals surface area (Å²) in [5, 5.41) is 4.04. The van der Waals surface area contributed by atoms with Crippen molar-refractivity contribution in [2.45, 2.75) is 0 Å². The second-order valence-electron chi connectivity index (χ2n) is 12.4. The van der Waals surface area contributed by atoms with Crippen LogP contribution in [-0.2, 0) is 0 Å². The standard InChI is InChI=1S/C45H27N3O2/c1-3-12-28(13-4-1)30-16-9-18-32(24-30)43-46-44(33-19-10-17-31(25-33)29-14-5-2-6-15-29)48-45(47-43)36-22-11-21-35-38-27-40-37(26-41(38)50-42(35)36)34-20-7-8-23-39(34)49-40/h1-27H. The highest BCUT2D eigenvalue weighted by molar-refractivity contribution is 6.16. The smallest absolute Gasteiger partial charge is 0.167 e. The molecule has 0 aliphatic rings. The van der Waals surface area contributed by atoms with Gasteiger partial charge in [-0.2, -0.15) is 0 Å². The lowest BCUT2D eigenvalue weighted by Gasteiger charge is -2.11. The molecule has 0 saturated carbocycles. The maximum absolute atomic E-state index is 6.67. The van der Waals surface area contributed by atoms with Crippen molar-refractivity contribution in [3.63, 3.8) is 0 Å². The van der Waals surface area contributed by atoms with E-state index in [0.717, 1.165) is 82.8 Å². The highest BCUT2D eigenvalue weighted by Gasteiger charge is 2.20. The van der Waals surface area contributed by atoms with Crippen molar-refractivity contribution < 1.29 is 8.83 Å². The summed E-state index contributed by atoms with van der Waals surface area (Å²) in [6, 6.07) is 55.8. The molecular weight excluding hydrogens is 615 g/mol. The first-order chi connectivity index (χ1) is 24.7. The van der Waals surface area contributed by atoms with E-state index in [1.807, 2.05) is 42.5 Å². The third-order valence-electron chi connectivity index (χ3n) is 9.33. The van der Waals surface area contributed by atoms with Crippen LogP contribution >= 0.6 is 0 Å². The Kier molecular flexibility index (Phi) is 6.42. The molecule has 50 heavy (non-hydrogen) atoms. The zero-order chi connectivity index (χ0) is 33.0. The molecule has 0 unspecified atom stereocenters. The van der Waals surface area contributed by atoms with Crippen molar-refractivity contribution >= 4 is 43.9 Å². The van der Waals surface area contributed by atoms with E-state index in [4.69, 9.17) is 23.8 Å². The van der Waals surface area contributed by atoms with Crippen LogP contribution in [0.15, 0.2) is 173 Å². The van der Waals surface area contributed by atoms with Crippen LogP contribution in [0.25, 0.3) is 100 Å². The Labute approximate surface area is 287 Å². The normalized spacial score (nSPS) is 11.6. The minimum atomic E-state index is 0.541. The van der Waals surface area contributed by atoms with E-state index in [1.54, 1.807) is 0 Å². The van der Waals surface area contributed by atoms with Crippen molar-refractivity contribution in [1.29, 1.82) is 0 Å². The third kappa shape index (κ3) is 4.75. The van der Waals surface area contributed by atoms with Gasteiger partial charge in [-0.25, -0.2) is 15.0 Å². The number of nitrogens with zero attached hydrogens (tertiary/aromatic N) is 3. The van der Waals surface area contributed by atoms with E-state index in [1.165, 1.54) is 0 Å². The third-order valence-corrected chi connectivity index (χ3v) is 9.33. The monoisotopic (exact) mass is 641 g/mol. The van der Waals surface area contributed by atoms with Gasteiger partial charge in [-0.15, -0.1) is 0 Å². The molecule has 0 spiro atoms. The van der Waals surface area contributed by atoms with Crippen LogP contribution in [0.3, 0.4) is 0 Å². The summed E-state index contributed by atoms with van der Waals surface area (Å²) in [5.74, 6) is 1.72. The summed E-state index contributed by atoms with van der Waals surface area (Å²) >= 11 is 0. The van der Waals surface area contributed by atoms with E-state index in [0.29, 0.717) is 17.5 Å². The highest BCUT2D eigenvalue weighted by Crippen LogP contribution is 2.40. The summed E-state index contributed by atoms with van der Waals surface area (Å²) in [4.78, 5) is 15.3. The second-order valence-corrected chi connectivity index (χ2v) is 12.4. The zero-order valence-electron chi connectivity index (χ0n) is 26.7. The molecule has 10 rings (SSSR count). The Morgan fingerprint density at radius 1 is 0.300 bits per heavy atom. The lowest BCUT2D eigenvalue weighted by atomic mass is 10.0. The highest BCUT2D eigenvalue weighted by atomic mass is 16.3. The largest absolute Gasteiger partial charge is 0.456 e. The molecule has 10 aromatic rings. The quantitative estimate of drug-likeness (QED) is 0.187. The number of benzene rings is 7.